The first-order valence-electron chi connectivity index (χ1n) is 12.7. The van der Waals surface area contributed by atoms with E-state index < -0.39 is 23.8 Å². The number of nitrogens with one attached hydrogen (secondary N) is 1. The summed E-state index contributed by atoms with van der Waals surface area (Å²) in [6.07, 6.45) is -4.03. The van der Waals surface area contributed by atoms with Crippen molar-refractivity contribution in [1.82, 2.24) is 14.5 Å². The molecule has 216 valence electrons. The summed E-state index contributed by atoms with van der Waals surface area (Å²) in [6, 6.07) is 13.1. The normalized spacial score (nSPS) is 12.2. The highest BCUT2D eigenvalue weighted by atomic mass is 79.9. The van der Waals surface area contributed by atoms with Crippen molar-refractivity contribution in [3.63, 3.8) is 0 Å². The fraction of sp³-hybridized carbons (Fsp3) is 0.276. The fourth-order valence-electron chi connectivity index (χ4n) is 4.47. The number of carbonyl (C=O) groups is 1. The third kappa shape index (κ3) is 6.17. The van der Waals surface area contributed by atoms with Gasteiger partial charge in [-0.2, -0.15) is 13.2 Å². The number of nitrogens with zero attached hydrogens (tertiary/aromatic N) is 3. The Hall–Kier alpha value is -4.06. The average molecular weight is 633 g/mol. The molecule has 8 nitrogen and oxygen atoms in total. The lowest BCUT2D eigenvalue weighted by Gasteiger charge is -2.30. The molecule has 1 N–H and O–H groups in total. The van der Waals surface area contributed by atoms with Gasteiger partial charge in [-0.05, 0) is 59.6 Å². The minimum absolute atomic E-state index is 0.0118. The number of methoxy groups -OCH3 is 2. The van der Waals surface area contributed by atoms with Crippen molar-refractivity contribution in [2.24, 2.45) is 0 Å². The second-order valence-corrected chi connectivity index (χ2v) is 9.96. The highest BCUT2D eigenvalue weighted by Crippen LogP contribution is 2.37. The Morgan fingerprint density at radius 2 is 1.83 bits per heavy atom. The zero-order valence-electron chi connectivity index (χ0n) is 22.8. The van der Waals surface area contributed by atoms with E-state index in [4.69, 9.17) is 14.5 Å². The number of rotatable bonds is 8. The Kier molecular flexibility index (Phi) is 8.91. The van der Waals surface area contributed by atoms with Crippen LogP contribution in [0.15, 0.2) is 69.9 Å². The van der Waals surface area contributed by atoms with E-state index in [0.717, 1.165) is 12.1 Å². The molecule has 0 aliphatic rings. The molecule has 4 aromatic rings. The van der Waals surface area contributed by atoms with E-state index in [1.807, 2.05) is 6.92 Å². The van der Waals surface area contributed by atoms with Crippen molar-refractivity contribution in [3.05, 3.63) is 86.9 Å². The Balaban J connectivity index is 1.87. The van der Waals surface area contributed by atoms with Gasteiger partial charge >= 0.3 is 12.2 Å². The van der Waals surface area contributed by atoms with Crippen LogP contribution in [0.5, 0.6) is 11.5 Å². The molecule has 1 unspecified atom stereocenters. The van der Waals surface area contributed by atoms with Crippen molar-refractivity contribution in [2.75, 3.05) is 26.1 Å². The number of aromatic nitrogens is 2. The number of fused-ring (bicyclic) bond motifs is 1. The second-order valence-electron chi connectivity index (χ2n) is 9.17. The molecule has 41 heavy (non-hydrogen) atoms. The van der Waals surface area contributed by atoms with E-state index in [0.29, 0.717) is 39.0 Å². The predicted molar refractivity (Wildman–Crippen MR) is 154 cm³/mol. The molecule has 1 aromatic heterocycles. The van der Waals surface area contributed by atoms with Crippen LogP contribution >= 0.6 is 15.9 Å². The van der Waals surface area contributed by atoms with Gasteiger partial charge in [-0.3, -0.25) is 9.36 Å². The van der Waals surface area contributed by atoms with Crippen LogP contribution in [0.25, 0.3) is 16.6 Å². The van der Waals surface area contributed by atoms with E-state index >= 15 is 0 Å². The van der Waals surface area contributed by atoms with Gasteiger partial charge in [0.1, 0.15) is 17.3 Å². The Bertz CT molecular complexity index is 1640. The Labute approximate surface area is 242 Å². The molecule has 0 fully saturated rings. The number of alkyl halides is 3. The Morgan fingerprint density at radius 3 is 2.49 bits per heavy atom. The van der Waals surface area contributed by atoms with E-state index in [1.165, 1.54) is 35.8 Å². The standard InChI is InChI=1S/C29H28BrF3N4O4/c1-5-13-36(28(39)34-19-10-8-9-18(14-19)29(31,32)33)17(2)26-35-22-12-7-6-11-21(22)27(38)37(26)23-15-20(40-3)16-24(41-4)25(23)30/h6-12,14-17H,5,13H2,1-4H3,(H,34,39). The monoisotopic (exact) mass is 632 g/mol. The van der Waals surface area contributed by atoms with Gasteiger partial charge in [0.2, 0.25) is 0 Å². The van der Waals surface area contributed by atoms with Crippen molar-refractivity contribution < 1.29 is 27.4 Å². The number of amides is 2. The zero-order valence-corrected chi connectivity index (χ0v) is 24.3. The van der Waals surface area contributed by atoms with Gasteiger partial charge in [-0.15, -0.1) is 0 Å². The first-order chi connectivity index (χ1) is 19.5. The lowest BCUT2D eigenvalue weighted by atomic mass is 10.1. The lowest BCUT2D eigenvalue weighted by Crippen LogP contribution is -2.40. The third-order valence-electron chi connectivity index (χ3n) is 6.50. The second kappa shape index (κ2) is 12.2. The summed E-state index contributed by atoms with van der Waals surface area (Å²) >= 11 is 3.53. The summed E-state index contributed by atoms with van der Waals surface area (Å²) in [6.45, 7) is 3.80. The number of halogens is 4. The highest BCUT2D eigenvalue weighted by molar-refractivity contribution is 9.10. The van der Waals surface area contributed by atoms with Gasteiger partial charge < -0.3 is 19.7 Å². The molecule has 0 aliphatic carbocycles. The van der Waals surface area contributed by atoms with Crippen molar-refractivity contribution in [2.45, 2.75) is 32.5 Å². The molecule has 12 heteroatoms. The van der Waals surface area contributed by atoms with E-state index in [9.17, 15) is 22.8 Å². The molecule has 0 spiro atoms. The van der Waals surface area contributed by atoms with Gasteiger partial charge in [-0.25, -0.2) is 9.78 Å². The fourth-order valence-corrected chi connectivity index (χ4v) is 5.04. The smallest absolute Gasteiger partial charge is 0.416 e. The zero-order chi connectivity index (χ0) is 29.9. The van der Waals surface area contributed by atoms with Crippen LogP contribution in [0.4, 0.5) is 23.7 Å². The number of benzene rings is 3. The third-order valence-corrected chi connectivity index (χ3v) is 7.30. The van der Waals surface area contributed by atoms with E-state index in [1.54, 1.807) is 43.3 Å². The van der Waals surface area contributed by atoms with Crippen LogP contribution in [0.2, 0.25) is 0 Å². The molecule has 2 amide bonds. The number of para-hydroxylation sites is 1. The van der Waals surface area contributed by atoms with Crippen molar-refractivity contribution >= 4 is 38.6 Å². The van der Waals surface area contributed by atoms with Gasteiger partial charge in [-0.1, -0.05) is 25.1 Å². The summed E-state index contributed by atoms with van der Waals surface area (Å²) in [5, 5.41) is 2.93. The minimum Gasteiger partial charge on any atom is -0.497 e. The maximum absolute atomic E-state index is 14.0. The van der Waals surface area contributed by atoms with Crippen LogP contribution in [0.1, 0.15) is 37.7 Å². The summed E-state index contributed by atoms with van der Waals surface area (Å²) in [7, 11) is 2.97. The van der Waals surface area contributed by atoms with Crippen LogP contribution in [0, 0.1) is 0 Å². The molecular formula is C29H28BrF3N4O4. The van der Waals surface area contributed by atoms with Crippen LogP contribution in [0.3, 0.4) is 0 Å². The molecule has 4 rings (SSSR count). The first kappa shape index (κ1) is 29.9. The molecular weight excluding hydrogens is 605 g/mol. The summed E-state index contributed by atoms with van der Waals surface area (Å²) in [5.41, 5.74) is -0.477. The van der Waals surface area contributed by atoms with Crippen LogP contribution in [-0.2, 0) is 6.18 Å². The molecule has 1 heterocycles. The maximum atomic E-state index is 14.0. The van der Waals surface area contributed by atoms with Gasteiger partial charge in [0.25, 0.3) is 5.56 Å². The lowest BCUT2D eigenvalue weighted by molar-refractivity contribution is -0.137. The summed E-state index contributed by atoms with van der Waals surface area (Å²) in [5.74, 6) is 1.06. The number of hydrogen-bond acceptors (Lipinski definition) is 5. The molecule has 3 aromatic carbocycles. The van der Waals surface area contributed by atoms with Crippen LogP contribution in [-0.4, -0.2) is 41.2 Å². The number of carbonyl (C=O) groups excluding carboxylic acids is 1. The number of hydrogen-bond donors (Lipinski definition) is 1. The predicted octanol–water partition coefficient (Wildman–Crippen LogP) is 7.19. The minimum atomic E-state index is -4.56. The molecule has 0 saturated heterocycles. The topological polar surface area (TPSA) is 85.7 Å². The number of anilines is 1. The summed E-state index contributed by atoms with van der Waals surface area (Å²) < 4.78 is 52.6. The quantitative estimate of drug-likeness (QED) is 0.222. The van der Waals surface area contributed by atoms with Crippen molar-refractivity contribution in [1.29, 1.82) is 0 Å². The number of urea groups is 1. The molecule has 1 atom stereocenters. The van der Waals surface area contributed by atoms with E-state index in [-0.39, 0.29) is 23.6 Å². The molecule has 0 radical (unpaired) electrons. The molecule has 0 aliphatic heterocycles. The van der Waals surface area contributed by atoms with E-state index in [2.05, 4.69) is 21.2 Å². The Morgan fingerprint density at radius 1 is 1.10 bits per heavy atom. The van der Waals surface area contributed by atoms with Gasteiger partial charge in [0, 0.05) is 24.4 Å². The largest absolute Gasteiger partial charge is 0.497 e. The molecule has 0 saturated carbocycles. The average Bonchev–Trinajstić information content (AvgIpc) is 2.95. The SMILES string of the molecule is CCCN(C(=O)Nc1cccc(C(F)(F)F)c1)C(C)c1nc2ccccc2c(=O)n1-c1cc(OC)cc(OC)c1Br. The molecule has 0 bridgehead atoms. The highest BCUT2D eigenvalue weighted by Gasteiger charge is 2.31. The van der Waals surface area contributed by atoms with Crippen LogP contribution < -0.4 is 20.3 Å². The summed E-state index contributed by atoms with van der Waals surface area (Å²) in [4.78, 5) is 33.7. The number of ether oxygens (including phenoxy) is 2. The van der Waals surface area contributed by atoms with Gasteiger partial charge in [0.05, 0.1) is 46.9 Å². The first-order valence-corrected chi connectivity index (χ1v) is 13.5. The van der Waals surface area contributed by atoms with Gasteiger partial charge in [0.15, 0.2) is 0 Å². The maximum Gasteiger partial charge on any atom is 0.416 e. The van der Waals surface area contributed by atoms with Crippen molar-refractivity contribution in [3.8, 4) is 17.2 Å².